The molecule has 0 spiro atoms. The van der Waals surface area contributed by atoms with Crippen molar-refractivity contribution >= 4 is 45.0 Å². The lowest BCUT2D eigenvalue weighted by Gasteiger charge is -2.15. The number of hydrogen-bond donors (Lipinski definition) is 0. The Balaban J connectivity index is 2.14. The summed E-state index contributed by atoms with van der Waals surface area (Å²) in [5.41, 5.74) is 0.945. The first kappa shape index (κ1) is 12.3. The van der Waals surface area contributed by atoms with Gasteiger partial charge in [0.05, 0.1) is 11.3 Å². The maximum absolute atomic E-state index is 12.3. The number of amides is 2. The van der Waals surface area contributed by atoms with Crippen molar-refractivity contribution in [3.05, 3.63) is 57.3 Å². The van der Waals surface area contributed by atoms with Gasteiger partial charge >= 0.3 is 0 Å². The van der Waals surface area contributed by atoms with E-state index in [1.165, 1.54) is 6.20 Å². The van der Waals surface area contributed by atoms with Gasteiger partial charge in [0, 0.05) is 15.7 Å². The predicted molar refractivity (Wildman–Crippen MR) is 74.5 cm³/mol. The van der Waals surface area contributed by atoms with Gasteiger partial charge in [0.2, 0.25) is 0 Å². The highest BCUT2D eigenvalue weighted by atomic mass is 79.9. The van der Waals surface area contributed by atoms with E-state index in [0.717, 1.165) is 4.90 Å². The first-order valence-electron chi connectivity index (χ1n) is 5.38. The van der Waals surface area contributed by atoms with Crippen molar-refractivity contribution in [3.8, 4) is 0 Å². The number of halogens is 2. The standard InChI is InChI=1S/C13H6BrClN2O2/c14-9-6-7(15)3-4-10(9)17-12(18)8-2-1-5-16-11(8)13(17)19/h1-6H. The lowest BCUT2D eigenvalue weighted by Crippen LogP contribution is -2.29. The van der Waals surface area contributed by atoms with Crippen LogP contribution in [0.1, 0.15) is 20.8 Å². The van der Waals surface area contributed by atoms with Crippen molar-refractivity contribution in [2.45, 2.75) is 0 Å². The zero-order valence-electron chi connectivity index (χ0n) is 9.43. The Morgan fingerprint density at radius 3 is 2.63 bits per heavy atom. The zero-order chi connectivity index (χ0) is 13.6. The van der Waals surface area contributed by atoms with Crippen LogP contribution in [0.15, 0.2) is 41.0 Å². The number of nitrogens with zero attached hydrogens (tertiary/aromatic N) is 2. The van der Waals surface area contributed by atoms with E-state index < -0.39 is 5.91 Å². The minimum Gasteiger partial charge on any atom is -0.268 e. The monoisotopic (exact) mass is 336 g/mol. The summed E-state index contributed by atoms with van der Waals surface area (Å²) in [5.74, 6) is -0.806. The second-order valence-electron chi connectivity index (χ2n) is 3.94. The number of anilines is 1. The number of aromatic nitrogens is 1. The number of pyridine rings is 1. The van der Waals surface area contributed by atoms with Crippen molar-refractivity contribution < 1.29 is 9.59 Å². The number of carbonyl (C=O) groups excluding carboxylic acids is 2. The van der Waals surface area contributed by atoms with Crippen LogP contribution in [0.5, 0.6) is 0 Å². The summed E-state index contributed by atoms with van der Waals surface area (Å²) in [6, 6.07) is 8.09. The summed E-state index contributed by atoms with van der Waals surface area (Å²) in [6.07, 6.45) is 1.49. The SMILES string of the molecule is O=C1c2cccnc2C(=O)N1c1ccc(Cl)cc1Br. The Bertz CT molecular complexity index is 683. The molecule has 1 aromatic carbocycles. The average Bonchev–Trinajstić information content (AvgIpc) is 2.64. The third-order valence-corrected chi connectivity index (χ3v) is 3.67. The maximum Gasteiger partial charge on any atom is 0.284 e. The quantitative estimate of drug-likeness (QED) is 0.750. The normalized spacial score (nSPS) is 13.9. The molecule has 1 aliphatic heterocycles. The molecule has 0 N–H and O–H groups in total. The average molecular weight is 338 g/mol. The number of carbonyl (C=O) groups is 2. The van der Waals surface area contributed by atoms with E-state index in [9.17, 15) is 9.59 Å². The second-order valence-corrected chi connectivity index (χ2v) is 5.23. The molecule has 94 valence electrons. The molecular weight excluding hydrogens is 332 g/mol. The van der Waals surface area contributed by atoms with Gasteiger partial charge in [-0.2, -0.15) is 0 Å². The third-order valence-electron chi connectivity index (χ3n) is 2.80. The van der Waals surface area contributed by atoms with Crippen LogP contribution in [0.3, 0.4) is 0 Å². The van der Waals surface area contributed by atoms with Crippen LogP contribution in [0.2, 0.25) is 5.02 Å². The van der Waals surface area contributed by atoms with Crippen LogP contribution in [0, 0.1) is 0 Å². The molecular formula is C13H6BrClN2O2. The van der Waals surface area contributed by atoms with E-state index in [1.54, 1.807) is 30.3 Å². The van der Waals surface area contributed by atoms with Crippen molar-refractivity contribution in [1.29, 1.82) is 0 Å². The lowest BCUT2D eigenvalue weighted by molar-refractivity contribution is 0.0924. The van der Waals surface area contributed by atoms with E-state index in [1.807, 2.05) is 0 Å². The number of fused-ring (bicyclic) bond motifs is 1. The van der Waals surface area contributed by atoms with Gasteiger partial charge < -0.3 is 0 Å². The Hall–Kier alpha value is -1.72. The van der Waals surface area contributed by atoms with Crippen molar-refractivity contribution in [2.75, 3.05) is 4.90 Å². The molecule has 0 saturated heterocycles. The summed E-state index contributed by atoms with van der Waals surface area (Å²) in [7, 11) is 0. The van der Waals surface area contributed by atoms with E-state index in [4.69, 9.17) is 11.6 Å². The second kappa shape index (κ2) is 4.43. The molecule has 3 rings (SSSR count). The van der Waals surface area contributed by atoms with Crippen LogP contribution in [-0.4, -0.2) is 16.8 Å². The largest absolute Gasteiger partial charge is 0.284 e. The Kier molecular flexibility index (Phi) is 2.88. The Morgan fingerprint density at radius 1 is 1.16 bits per heavy atom. The van der Waals surface area contributed by atoms with Gasteiger partial charge in [0.1, 0.15) is 5.69 Å². The summed E-state index contributed by atoms with van der Waals surface area (Å²) >= 11 is 9.16. The highest BCUT2D eigenvalue weighted by molar-refractivity contribution is 9.10. The molecule has 0 unspecified atom stereocenters. The van der Waals surface area contributed by atoms with Crippen molar-refractivity contribution in [1.82, 2.24) is 4.98 Å². The summed E-state index contributed by atoms with van der Waals surface area (Å²) in [5, 5.41) is 0.519. The summed E-state index contributed by atoms with van der Waals surface area (Å²) in [4.78, 5) is 29.5. The number of rotatable bonds is 1. The molecule has 2 aromatic rings. The smallest absolute Gasteiger partial charge is 0.268 e. The number of imide groups is 1. The molecule has 0 fully saturated rings. The molecule has 0 aliphatic carbocycles. The first-order valence-corrected chi connectivity index (χ1v) is 6.55. The van der Waals surface area contributed by atoms with Crippen molar-refractivity contribution in [3.63, 3.8) is 0 Å². The molecule has 2 heterocycles. The highest BCUT2D eigenvalue weighted by Gasteiger charge is 2.38. The molecule has 0 radical (unpaired) electrons. The topological polar surface area (TPSA) is 50.3 Å². The number of benzene rings is 1. The van der Waals surface area contributed by atoms with E-state index in [2.05, 4.69) is 20.9 Å². The van der Waals surface area contributed by atoms with Gasteiger partial charge in [0.15, 0.2) is 0 Å². The van der Waals surface area contributed by atoms with Gasteiger partial charge in [-0.05, 0) is 46.3 Å². The van der Waals surface area contributed by atoms with E-state index >= 15 is 0 Å². The molecule has 0 saturated carbocycles. The van der Waals surface area contributed by atoms with Crippen LogP contribution >= 0.6 is 27.5 Å². The summed E-state index contributed by atoms with van der Waals surface area (Å²) in [6.45, 7) is 0. The Morgan fingerprint density at radius 2 is 1.95 bits per heavy atom. The van der Waals surface area contributed by atoms with Crippen LogP contribution in [-0.2, 0) is 0 Å². The summed E-state index contributed by atoms with van der Waals surface area (Å²) < 4.78 is 0.578. The van der Waals surface area contributed by atoms with Crippen LogP contribution in [0.25, 0.3) is 0 Å². The minimum atomic E-state index is -0.427. The van der Waals surface area contributed by atoms with Gasteiger partial charge in [-0.25, -0.2) is 4.90 Å². The van der Waals surface area contributed by atoms with Gasteiger partial charge in [-0.1, -0.05) is 11.6 Å². The molecule has 1 aromatic heterocycles. The minimum absolute atomic E-state index is 0.175. The zero-order valence-corrected chi connectivity index (χ0v) is 11.8. The highest BCUT2D eigenvalue weighted by Crippen LogP contribution is 2.34. The number of hydrogen-bond acceptors (Lipinski definition) is 3. The molecule has 19 heavy (non-hydrogen) atoms. The molecule has 4 nitrogen and oxygen atoms in total. The fourth-order valence-corrected chi connectivity index (χ4v) is 2.81. The lowest BCUT2D eigenvalue weighted by atomic mass is 10.2. The van der Waals surface area contributed by atoms with Crippen LogP contribution in [0.4, 0.5) is 5.69 Å². The van der Waals surface area contributed by atoms with Gasteiger partial charge in [0.25, 0.3) is 11.8 Å². The fraction of sp³-hybridized carbons (Fsp3) is 0. The third kappa shape index (κ3) is 1.86. The fourth-order valence-electron chi connectivity index (χ4n) is 1.95. The molecule has 2 amide bonds. The predicted octanol–water partition coefficient (Wildman–Crippen LogP) is 3.30. The molecule has 0 bridgehead atoms. The molecule has 0 atom stereocenters. The Labute approximate surface area is 122 Å². The van der Waals surface area contributed by atoms with E-state index in [0.29, 0.717) is 20.7 Å². The first-order chi connectivity index (χ1) is 9.09. The van der Waals surface area contributed by atoms with Gasteiger partial charge in [-0.3, -0.25) is 14.6 Å². The molecule has 6 heteroatoms. The van der Waals surface area contributed by atoms with Gasteiger partial charge in [-0.15, -0.1) is 0 Å². The van der Waals surface area contributed by atoms with Crippen molar-refractivity contribution in [2.24, 2.45) is 0 Å². The maximum atomic E-state index is 12.3. The van der Waals surface area contributed by atoms with E-state index in [-0.39, 0.29) is 11.6 Å². The van der Waals surface area contributed by atoms with Crippen LogP contribution < -0.4 is 4.90 Å². The molecule has 1 aliphatic rings.